The van der Waals surface area contributed by atoms with Crippen molar-refractivity contribution in [2.24, 2.45) is 5.14 Å². The molecular weight excluding hydrogens is 512 g/mol. The van der Waals surface area contributed by atoms with Crippen LogP contribution in [0.5, 0.6) is 17.2 Å². The van der Waals surface area contributed by atoms with Crippen LogP contribution in [0.4, 0.5) is 0 Å². The highest BCUT2D eigenvalue weighted by Gasteiger charge is 2.22. The number of ether oxygens (including phenoxy) is 3. The number of aliphatic hydroxyl groups excluding tert-OH is 2. The number of nitrogens with one attached hydrogen (secondary N) is 1. The average Bonchev–Trinajstić information content (AvgIpc) is 2.90. The minimum Gasteiger partial charge on any atom is -0.508 e. The number of rotatable bonds is 12. The lowest BCUT2D eigenvalue weighted by Crippen LogP contribution is -2.33. The van der Waals surface area contributed by atoms with E-state index in [1.54, 1.807) is 24.3 Å². The van der Waals surface area contributed by atoms with Gasteiger partial charge >= 0.3 is 0 Å². The number of aliphatic hydroxyl groups is 2. The van der Waals surface area contributed by atoms with Gasteiger partial charge in [0.2, 0.25) is 10.0 Å². The molecule has 6 N–H and O–H groups in total. The van der Waals surface area contributed by atoms with Crippen LogP contribution in [0, 0.1) is 0 Å². The van der Waals surface area contributed by atoms with Crippen LogP contribution in [-0.2, 0) is 34.4 Å². The van der Waals surface area contributed by atoms with Crippen molar-refractivity contribution in [3.05, 3.63) is 82.9 Å². The molecule has 0 saturated carbocycles. The molecule has 0 aromatic heterocycles. The molecule has 4 rings (SSSR count). The van der Waals surface area contributed by atoms with E-state index in [9.17, 15) is 23.7 Å². The molecule has 0 radical (unpaired) electrons. The molecule has 3 aromatic rings. The largest absolute Gasteiger partial charge is 0.508 e. The highest BCUT2D eigenvalue weighted by atomic mass is 32.2. The standard InChI is InChI=1S/C27H32N2O8S/c28-38(33,34)23-3-1-2-19(10-23)15-35-16-22-17-36-26-7-4-18(11-27(26)37-22)8-9-29-13-25(32)20-5-6-24(31)21(12-20)14-30/h1-7,10-12,22,25,29-32H,8-9,13-17H2,(H2,28,33,34)/t22-,25+/m1/s1. The lowest BCUT2D eigenvalue weighted by Gasteiger charge is -2.27. The second-order valence-corrected chi connectivity index (χ2v) is 10.6. The number of aromatic hydroxyl groups is 1. The van der Waals surface area contributed by atoms with Crippen molar-refractivity contribution >= 4 is 10.0 Å². The van der Waals surface area contributed by atoms with Crippen molar-refractivity contribution in [1.29, 1.82) is 0 Å². The third-order valence-corrected chi connectivity index (χ3v) is 7.02. The molecule has 0 bridgehead atoms. The molecule has 204 valence electrons. The second kappa shape index (κ2) is 12.6. The normalized spacial score (nSPS) is 15.8. The van der Waals surface area contributed by atoms with Gasteiger partial charge in [-0.05, 0) is 66.1 Å². The van der Waals surface area contributed by atoms with Gasteiger partial charge in [0.05, 0.1) is 30.8 Å². The van der Waals surface area contributed by atoms with E-state index in [0.29, 0.717) is 54.3 Å². The number of hydrogen-bond donors (Lipinski definition) is 5. The summed E-state index contributed by atoms with van der Waals surface area (Å²) < 4.78 is 40.6. The van der Waals surface area contributed by atoms with Gasteiger partial charge in [0, 0.05) is 12.1 Å². The van der Waals surface area contributed by atoms with Crippen LogP contribution in [0.3, 0.4) is 0 Å². The molecule has 1 aliphatic heterocycles. The van der Waals surface area contributed by atoms with Gasteiger partial charge in [-0.1, -0.05) is 24.3 Å². The van der Waals surface area contributed by atoms with Crippen LogP contribution in [0.1, 0.15) is 28.4 Å². The van der Waals surface area contributed by atoms with Crippen molar-refractivity contribution < 1.29 is 37.9 Å². The zero-order valence-corrected chi connectivity index (χ0v) is 21.6. The van der Waals surface area contributed by atoms with Crippen LogP contribution < -0.4 is 19.9 Å². The topological polar surface area (TPSA) is 161 Å². The molecule has 0 aliphatic carbocycles. The summed E-state index contributed by atoms with van der Waals surface area (Å²) in [5, 5.41) is 37.8. The van der Waals surface area contributed by atoms with Gasteiger partial charge < -0.3 is 34.8 Å². The van der Waals surface area contributed by atoms with Crippen LogP contribution in [0.2, 0.25) is 0 Å². The molecule has 38 heavy (non-hydrogen) atoms. The highest BCUT2D eigenvalue weighted by Crippen LogP contribution is 2.33. The number of fused-ring (bicyclic) bond motifs is 1. The van der Waals surface area contributed by atoms with E-state index in [0.717, 1.165) is 5.56 Å². The molecule has 0 fully saturated rings. The summed E-state index contributed by atoms with van der Waals surface area (Å²) in [6.07, 6.45) is -0.395. The van der Waals surface area contributed by atoms with Crippen molar-refractivity contribution in [2.45, 2.75) is 36.7 Å². The first-order valence-corrected chi connectivity index (χ1v) is 13.7. The Morgan fingerprint density at radius 2 is 1.92 bits per heavy atom. The molecule has 1 aliphatic rings. The minimum absolute atomic E-state index is 0.00116. The van der Waals surface area contributed by atoms with Crippen molar-refractivity contribution in [3.8, 4) is 17.2 Å². The van der Waals surface area contributed by atoms with Gasteiger partial charge in [0.25, 0.3) is 0 Å². The Balaban J connectivity index is 1.23. The van der Waals surface area contributed by atoms with Crippen molar-refractivity contribution in [3.63, 3.8) is 0 Å². The van der Waals surface area contributed by atoms with Crippen LogP contribution in [0.15, 0.2) is 65.6 Å². The Morgan fingerprint density at radius 3 is 2.71 bits per heavy atom. The first-order chi connectivity index (χ1) is 18.2. The molecule has 0 saturated heterocycles. The molecule has 2 atom stereocenters. The Labute approximate surface area is 221 Å². The lowest BCUT2D eigenvalue weighted by molar-refractivity contribution is 0.00262. The summed E-state index contributed by atoms with van der Waals surface area (Å²) in [6, 6.07) is 16.7. The number of primary sulfonamides is 1. The number of phenols is 1. The maximum absolute atomic E-state index is 11.5. The smallest absolute Gasteiger partial charge is 0.238 e. The summed E-state index contributed by atoms with van der Waals surface area (Å²) in [4.78, 5) is 0.0393. The zero-order chi connectivity index (χ0) is 27.1. The summed E-state index contributed by atoms with van der Waals surface area (Å²) in [5.41, 5.74) is 2.71. The molecule has 10 nitrogen and oxygen atoms in total. The first kappa shape index (κ1) is 27.8. The fourth-order valence-electron chi connectivity index (χ4n) is 4.05. The van der Waals surface area contributed by atoms with Gasteiger partial charge in [-0.25, -0.2) is 13.6 Å². The molecule has 3 aromatic carbocycles. The van der Waals surface area contributed by atoms with Crippen LogP contribution in [0.25, 0.3) is 0 Å². The minimum atomic E-state index is -3.77. The number of benzene rings is 3. The van der Waals surface area contributed by atoms with Gasteiger partial charge in [0.15, 0.2) is 17.6 Å². The van der Waals surface area contributed by atoms with E-state index in [1.807, 2.05) is 18.2 Å². The van der Waals surface area contributed by atoms with Gasteiger partial charge in [-0.2, -0.15) is 0 Å². The SMILES string of the molecule is NS(=O)(=O)c1cccc(COC[C@@H]2COc3ccc(CCNC[C@H](O)c4ccc(O)c(CO)c4)cc3O2)c1. The number of hydrogen-bond acceptors (Lipinski definition) is 9. The summed E-state index contributed by atoms with van der Waals surface area (Å²) in [5.74, 6) is 1.28. The quantitative estimate of drug-likeness (QED) is 0.214. The van der Waals surface area contributed by atoms with Crippen LogP contribution >= 0.6 is 0 Å². The summed E-state index contributed by atoms with van der Waals surface area (Å²) >= 11 is 0. The van der Waals surface area contributed by atoms with Gasteiger partial charge in [-0.3, -0.25) is 0 Å². The highest BCUT2D eigenvalue weighted by molar-refractivity contribution is 7.89. The predicted molar refractivity (Wildman–Crippen MR) is 139 cm³/mol. The fourth-order valence-corrected chi connectivity index (χ4v) is 4.63. The zero-order valence-electron chi connectivity index (χ0n) is 20.7. The maximum Gasteiger partial charge on any atom is 0.238 e. The molecule has 0 amide bonds. The van der Waals surface area contributed by atoms with E-state index >= 15 is 0 Å². The molecule has 0 spiro atoms. The van der Waals surface area contributed by atoms with Gasteiger partial charge in [0.1, 0.15) is 12.4 Å². The number of nitrogens with two attached hydrogens (primary N) is 1. The van der Waals surface area contributed by atoms with E-state index in [1.165, 1.54) is 18.2 Å². The molecule has 11 heteroatoms. The average molecular weight is 545 g/mol. The monoisotopic (exact) mass is 544 g/mol. The Bertz CT molecular complexity index is 1350. The third-order valence-electron chi connectivity index (χ3n) is 6.11. The Morgan fingerprint density at radius 1 is 1.08 bits per heavy atom. The van der Waals surface area contributed by atoms with E-state index < -0.39 is 16.1 Å². The maximum atomic E-state index is 11.5. The van der Waals surface area contributed by atoms with Gasteiger partial charge in [-0.15, -0.1) is 0 Å². The van der Waals surface area contributed by atoms with Crippen molar-refractivity contribution in [1.82, 2.24) is 5.32 Å². The van der Waals surface area contributed by atoms with E-state index in [4.69, 9.17) is 19.3 Å². The van der Waals surface area contributed by atoms with Crippen LogP contribution in [-0.4, -0.2) is 56.1 Å². The van der Waals surface area contributed by atoms with E-state index in [-0.39, 0.29) is 36.6 Å². The summed E-state index contributed by atoms with van der Waals surface area (Å²) in [6.45, 7) is 1.44. The third kappa shape index (κ3) is 7.44. The summed E-state index contributed by atoms with van der Waals surface area (Å²) in [7, 11) is -3.77. The number of sulfonamides is 1. The Kier molecular flexibility index (Phi) is 9.21. The fraction of sp³-hybridized carbons (Fsp3) is 0.333. The predicted octanol–water partition coefficient (Wildman–Crippen LogP) is 1.75. The molecular formula is C27H32N2O8S. The lowest BCUT2D eigenvalue weighted by atomic mass is 10.1. The second-order valence-electron chi connectivity index (χ2n) is 9.06. The molecule has 1 heterocycles. The Hall–Kier alpha value is -3.19. The molecule has 0 unspecified atom stereocenters. The van der Waals surface area contributed by atoms with E-state index in [2.05, 4.69) is 5.32 Å². The first-order valence-electron chi connectivity index (χ1n) is 12.2. The van der Waals surface area contributed by atoms with Crippen molar-refractivity contribution in [2.75, 3.05) is 26.3 Å².